The van der Waals surface area contributed by atoms with Gasteiger partial charge in [-0.2, -0.15) is 0 Å². The molecule has 0 aromatic heterocycles. The third-order valence-corrected chi connectivity index (χ3v) is 10.5. The summed E-state index contributed by atoms with van der Waals surface area (Å²) in [6, 6.07) is 38.4. The third-order valence-electron chi connectivity index (χ3n) is 10.5. The summed E-state index contributed by atoms with van der Waals surface area (Å²) in [7, 11) is 5.27. The topological polar surface area (TPSA) is 138 Å². The van der Waals surface area contributed by atoms with E-state index >= 15 is 0 Å². The molecule has 1 unspecified atom stereocenters. The van der Waals surface area contributed by atoms with Crippen LogP contribution in [0.25, 0.3) is 11.1 Å². The Morgan fingerprint density at radius 1 is 0.633 bits per heavy atom. The second-order valence-electron chi connectivity index (χ2n) is 14.6. The first kappa shape index (κ1) is 45.1. The summed E-state index contributed by atoms with van der Waals surface area (Å²) >= 11 is 0. The lowest BCUT2D eigenvalue weighted by Crippen LogP contribution is -2.53. The van der Waals surface area contributed by atoms with E-state index in [9.17, 15) is 19.5 Å². The van der Waals surface area contributed by atoms with E-state index < -0.39 is 30.1 Å². The molecule has 0 fully saturated rings. The molecule has 1 amide bonds. The first-order valence-electron chi connectivity index (χ1n) is 20.6. The summed E-state index contributed by atoms with van der Waals surface area (Å²) in [5.74, 6) is -0.530. The molecule has 316 valence electrons. The van der Waals surface area contributed by atoms with Crippen molar-refractivity contribution in [1.29, 1.82) is 0 Å². The zero-order valence-electron chi connectivity index (χ0n) is 35.1. The molecule has 0 aliphatic carbocycles. The van der Waals surface area contributed by atoms with Gasteiger partial charge in [0.15, 0.2) is 0 Å². The average Bonchev–Trinajstić information content (AvgIpc) is 3.28. The number of carboxylic acid groups (broad SMARTS) is 1. The molecule has 0 bridgehead atoms. The predicted molar refractivity (Wildman–Crippen MR) is 235 cm³/mol. The molecule has 5 aromatic rings. The van der Waals surface area contributed by atoms with Gasteiger partial charge in [0.25, 0.3) is 0 Å². The van der Waals surface area contributed by atoms with Crippen molar-refractivity contribution in [2.45, 2.75) is 70.6 Å². The Morgan fingerprint density at radius 2 is 1.12 bits per heavy atom. The number of carbonyl (C=O) groups excluding carboxylic acids is 2. The molecule has 3 atom stereocenters. The Hall–Kier alpha value is -6.01. The molecule has 0 radical (unpaired) electrons. The second-order valence-corrected chi connectivity index (χ2v) is 14.6. The minimum absolute atomic E-state index is 0.0579. The van der Waals surface area contributed by atoms with Gasteiger partial charge in [-0.05, 0) is 111 Å². The molecule has 5 rings (SSSR count). The fourth-order valence-corrected chi connectivity index (χ4v) is 7.08. The van der Waals surface area contributed by atoms with Gasteiger partial charge in [-0.3, -0.25) is 9.59 Å². The van der Waals surface area contributed by atoms with E-state index in [2.05, 4.69) is 16.0 Å². The van der Waals surface area contributed by atoms with E-state index in [1.165, 1.54) is 0 Å². The molecule has 5 aromatic carbocycles. The van der Waals surface area contributed by atoms with Crippen LogP contribution in [0.2, 0.25) is 0 Å². The lowest BCUT2D eigenvalue weighted by atomic mass is 9.94. The van der Waals surface area contributed by atoms with Gasteiger partial charge in [-0.25, -0.2) is 4.79 Å². The molecule has 11 heteroatoms. The molecule has 0 saturated carbocycles. The number of amides is 1. The monoisotopic (exact) mass is 814 g/mol. The maximum atomic E-state index is 14.3. The van der Waals surface area contributed by atoms with Crippen molar-refractivity contribution in [3.63, 3.8) is 0 Å². The predicted octanol–water partition coefficient (Wildman–Crippen LogP) is 6.82. The molecule has 0 aliphatic heterocycles. The lowest BCUT2D eigenvalue weighted by Gasteiger charge is -2.33. The van der Waals surface area contributed by atoms with Crippen LogP contribution in [-0.2, 0) is 51.8 Å². The van der Waals surface area contributed by atoms with E-state index in [1.807, 2.05) is 141 Å². The van der Waals surface area contributed by atoms with Gasteiger partial charge >= 0.3 is 11.9 Å². The van der Waals surface area contributed by atoms with Crippen LogP contribution in [0.15, 0.2) is 127 Å². The smallest absolute Gasteiger partial charge is 0.329 e. The number of carbonyl (C=O) groups is 3. The highest BCUT2D eigenvalue weighted by Crippen LogP contribution is 2.33. The number of benzene rings is 5. The van der Waals surface area contributed by atoms with E-state index in [4.69, 9.17) is 14.2 Å². The van der Waals surface area contributed by atoms with Gasteiger partial charge in [0, 0.05) is 19.4 Å². The largest absolute Gasteiger partial charge is 0.489 e. The van der Waals surface area contributed by atoms with Crippen molar-refractivity contribution < 1.29 is 33.7 Å². The normalized spacial score (nSPS) is 12.5. The van der Waals surface area contributed by atoms with Crippen LogP contribution in [-0.4, -0.2) is 80.2 Å². The minimum Gasteiger partial charge on any atom is -0.489 e. The number of hydrogen-bond acceptors (Lipinski definition) is 9. The maximum absolute atomic E-state index is 14.3. The highest BCUT2D eigenvalue weighted by atomic mass is 16.5. The maximum Gasteiger partial charge on any atom is 0.329 e. The molecule has 4 N–H and O–H groups in total. The number of nitrogens with one attached hydrogen (secondary N) is 3. The summed E-state index contributed by atoms with van der Waals surface area (Å²) in [6.45, 7) is 3.57. The van der Waals surface area contributed by atoms with Gasteiger partial charge in [-0.15, -0.1) is 0 Å². The summed E-state index contributed by atoms with van der Waals surface area (Å²) in [4.78, 5) is 42.4. The number of nitrogens with zero attached hydrogens (tertiary/aromatic N) is 1. The van der Waals surface area contributed by atoms with Gasteiger partial charge in [0.05, 0.1) is 6.04 Å². The second kappa shape index (κ2) is 23.5. The first-order chi connectivity index (χ1) is 29.2. The average molecular weight is 815 g/mol. The zero-order valence-corrected chi connectivity index (χ0v) is 35.1. The summed E-state index contributed by atoms with van der Waals surface area (Å²) in [5.41, 5.74) is 5.86. The van der Waals surface area contributed by atoms with Crippen LogP contribution in [0, 0.1) is 0 Å². The van der Waals surface area contributed by atoms with Crippen molar-refractivity contribution in [3.05, 3.63) is 155 Å². The summed E-state index contributed by atoms with van der Waals surface area (Å²) in [5, 5.41) is 19.2. The summed E-state index contributed by atoms with van der Waals surface area (Å²) in [6.07, 6.45) is 1.65. The number of rotatable bonds is 24. The fourth-order valence-electron chi connectivity index (χ4n) is 7.08. The fraction of sp³-hybridized carbons (Fsp3) is 0.327. The van der Waals surface area contributed by atoms with Gasteiger partial charge in [0.1, 0.15) is 43.4 Å². The number of carboxylic acids is 1. The lowest BCUT2D eigenvalue weighted by molar-refractivity contribution is -0.157. The Kier molecular flexibility index (Phi) is 17.7. The number of ether oxygens (including phenoxy) is 3. The Bertz CT molecular complexity index is 2100. The number of esters is 1. The highest BCUT2D eigenvalue weighted by Gasteiger charge is 2.34. The van der Waals surface area contributed by atoms with Crippen molar-refractivity contribution in [2.24, 2.45) is 0 Å². The van der Waals surface area contributed by atoms with Gasteiger partial charge in [0.2, 0.25) is 5.91 Å². The Balaban J connectivity index is 1.55. The molecule has 0 saturated heterocycles. The number of hydrogen-bond donors (Lipinski definition) is 4. The van der Waals surface area contributed by atoms with Crippen molar-refractivity contribution >= 4 is 17.8 Å². The molecular weight excluding hydrogens is 757 g/mol. The van der Waals surface area contributed by atoms with E-state index in [1.54, 1.807) is 19.0 Å². The molecule has 0 aliphatic rings. The van der Waals surface area contributed by atoms with Crippen molar-refractivity contribution in [3.8, 4) is 22.6 Å². The van der Waals surface area contributed by atoms with E-state index in [0.717, 1.165) is 46.3 Å². The van der Waals surface area contributed by atoms with Crippen LogP contribution in [0.1, 0.15) is 47.6 Å². The Labute approximate surface area is 354 Å². The van der Waals surface area contributed by atoms with E-state index in [0.29, 0.717) is 30.1 Å². The van der Waals surface area contributed by atoms with Crippen LogP contribution >= 0.6 is 0 Å². The van der Waals surface area contributed by atoms with E-state index in [-0.39, 0.29) is 38.5 Å². The summed E-state index contributed by atoms with van der Waals surface area (Å²) < 4.78 is 18.7. The third kappa shape index (κ3) is 13.0. The minimum atomic E-state index is -0.975. The van der Waals surface area contributed by atoms with Gasteiger partial charge < -0.3 is 40.2 Å². The van der Waals surface area contributed by atoms with Crippen LogP contribution in [0.4, 0.5) is 0 Å². The van der Waals surface area contributed by atoms with Gasteiger partial charge in [-0.1, -0.05) is 103 Å². The van der Waals surface area contributed by atoms with Crippen molar-refractivity contribution in [1.82, 2.24) is 20.9 Å². The highest BCUT2D eigenvalue weighted by molar-refractivity contribution is 5.88. The molecule has 0 spiro atoms. The molecule has 11 nitrogen and oxygen atoms in total. The number of likely N-dealkylation sites (N-methyl/N-ethyl adjacent to an activating group) is 3. The SMILES string of the molecule is CCN(C(=O)C(CCCNC)NC)[C@@H](Cc1cc(-c2ccc(OCc3ccccc3)c(C[C@H](NC)C(=O)O)c2)ccc1OCc1ccccc1)C(=O)OCc1ccccc1. The standard InChI is InChI=1S/C49H58N4O7/c1-5-53(47(54)42(51-3)22-15-27-50-2)44(49(57)60-34-37-20-13-8-14-21-37)31-41-29-39(24-26-46(41)59-33-36-18-11-7-12-19-36)38-23-25-45(58-32-35-16-9-6-10-17-35)40(28-38)30-43(52-4)48(55)56/h6-14,16-21,23-26,28-29,42-44,50-52H,5,15,22,27,30-34H2,1-4H3,(H,55,56)/t42?,43-,44-/m0/s1. The van der Waals surface area contributed by atoms with Crippen molar-refractivity contribution in [2.75, 3.05) is 34.2 Å². The van der Waals surface area contributed by atoms with Crippen LogP contribution in [0.3, 0.4) is 0 Å². The first-order valence-corrected chi connectivity index (χ1v) is 20.6. The molecular formula is C49H58N4O7. The molecule has 0 heterocycles. The van der Waals surface area contributed by atoms with Crippen LogP contribution < -0.4 is 25.4 Å². The quantitative estimate of drug-likeness (QED) is 0.0388. The number of aliphatic carboxylic acids is 1. The molecule has 60 heavy (non-hydrogen) atoms. The van der Waals surface area contributed by atoms with Crippen LogP contribution in [0.5, 0.6) is 11.5 Å². The Morgan fingerprint density at radius 3 is 1.57 bits per heavy atom. The zero-order chi connectivity index (χ0) is 42.7.